The van der Waals surface area contributed by atoms with Gasteiger partial charge in [-0.05, 0) is 31.7 Å². The standard InChI is InChI=1S/C13H28N2O/c1-11-5-7-15(9-12(11)2)8-6-14-13(3)10-16-4/h11-14H,5-10H2,1-4H3. The first-order valence-electron chi connectivity index (χ1n) is 6.58. The highest BCUT2D eigenvalue weighted by Gasteiger charge is 2.21. The van der Waals surface area contributed by atoms with Crippen LogP contribution in [-0.2, 0) is 4.74 Å². The first-order valence-corrected chi connectivity index (χ1v) is 6.58. The van der Waals surface area contributed by atoms with Gasteiger partial charge >= 0.3 is 0 Å². The third-order valence-electron chi connectivity index (χ3n) is 3.76. The van der Waals surface area contributed by atoms with Crippen LogP contribution in [0.1, 0.15) is 27.2 Å². The molecule has 3 unspecified atom stereocenters. The summed E-state index contributed by atoms with van der Waals surface area (Å²) in [7, 11) is 1.76. The van der Waals surface area contributed by atoms with E-state index in [9.17, 15) is 0 Å². The number of hydrogen-bond donors (Lipinski definition) is 1. The van der Waals surface area contributed by atoms with Crippen molar-refractivity contribution in [2.45, 2.75) is 33.2 Å². The van der Waals surface area contributed by atoms with Crippen molar-refractivity contribution in [1.29, 1.82) is 0 Å². The number of piperidine rings is 1. The molecule has 3 nitrogen and oxygen atoms in total. The Labute approximate surface area is 101 Å². The molecule has 1 N–H and O–H groups in total. The lowest BCUT2D eigenvalue weighted by molar-refractivity contribution is 0.133. The quantitative estimate of drug-likeness (QED) is 0.747. The maximum Gasteiger partial charge on any atom is 0.0613 e. The number of hydrogen-bond acceptors (Lipinski definition) is 3. The van der Waals surface area contributed by atoms with Crippen molar-refractivity contribution in [3.05, 3.63) is 0 Å². The van der Waals surface area contributed by atoms with Gasteiger partial charge in [0.2, 0.25) is 0 Å². The van der Waals surface area contributed by atoms with Crippen LogP contribution < -0.4 is 5.32 Å². The summed E-state index contributed by atoms with van der Waals surface area (Å²) in [5, 5.41) is 3.49. The second-order valence-corrected chi connectivity index (χ2v) is 5.35. The van der Waals surface area contributed by atoms with E-state index in [4.69, 9.17) is 4.74 Å². The fourth-order valence-electron chi connectivity index (χ4n) is 2.33. The average Bonchev–Trinajstić information content (AvgIpc) is 2.24. The summed E-state index contributed by atoms with van der Waals surface area (Å²) in [6.07, 6.45) is 1.36. The Kier molecular flexibility index (Phi) is 6.32. The second-order valence-electron chi connectivity index (χ2n) is 5.35. The maximum atomic E-state index is 5.10. The third-order valence-corrected chi connectivity index (χ3v) is 3.76. The first kappa shape index (κ1) is 13.9. The molecule has 3 atom stereocenters. The van der Waals surface area contributed by atoms with Gasteiger partial charge in [-0.1, -0.05) is 13.8 Å². The Hall–Kier alpha value is -0.120. The smallest absolute Gasteiger partial charge is 0.0613 e. The summed E-state index contributed by atoms with van der Waals surface area (Å²) in [5.41, 5.74) is 0. The van der Waals surface area contributed by atoms with E-state index in [0.717, 1.165) is 25.0 Å². The van der Waals surface area contributed by atoms with Gasteiger partial charge in [-0.15, -0.1) is 0 Å². The van der Waals surface area contributed by atoms with Crippen molar-refractivity contribution < 1.29 is 4.74 Å². The highest BCUT2D eigenvalue weighted by Crippen LogP contribution is 2.21. The van der Waals surface area contributed by atoms with Crippen LogP contribution in [0.3, 0.4) is 0 Å². The molecule has 1 heterocycles. The molecule has 1 aliphatic rings. The minimum absolute atomic E-state index is 0.464. The minimum atomic E-state index is 0.464. The van der Waals surface area contributed by atoms with E-state index >= 15 is 0 Å². The number of nitrogens with one attached hydrogen (secondary N) is 1. The van der Waals surface area contributed by atoms with Crippen LogP contribution in [0.2, 0.25) is 0 Å². The molecule has 0 amide bonds. The van der Waals surface area contributed by atoms with Crippen molar-refractivity contribution in [1.82, 2.24) is 10.2 Å². The van der Waals surface area contributed by atoms with Crippen LogP contribution in [0.25, 0.3) is 0 Å². The van der Waals surface area contributed by atoms with E-state index in [1.165, 1.54) is 26.1 Å². The predicted octanol–water partition coefficient (Wildman–Crippen LogP) is 1.59. The number of methoxy groups -OCH3 is 1. The number of rotatable bonds is 6. The maximum absolute atomic E-state index is 5.10. The minimum Gasteiger partial charge on any atom is -0.383 e. The molecule has 0 spiro atoms. The normalized spacial score (nSPS) is 29.2. The summed E-state index contributed by atoms with van der Waals surface area (Å²) in [5.74, 6) is 1.75. The molecule has 1 aliphatic heterocycles. The summed E-state index contributed by atoms with van der Waals surface area (Å²) in [6, 6.07) is 0.464. The van der Waals surface area contributed by atoms with Crippen LogP contribution >= 0.6 is 0 Å². The molecule has 16 heavy (non-hydrogen) atoms. The van der Waals surface area contributed by atoms with Crippen LogP contribution in [-0.4, -0.2) is 50.8 Å². The fourth-order valence-corrected chi connectivity index (χ4v) is 2.33. The first-order chi connectivity index (χ1) is 7.63. The van der Waals surface area contributed by atoms with Gasteiger partial charge in [-0.2, -0.15) is 0 Å². The summed E-state index contributed by atoms with van der Waals surface area (Å²) in [6.45, 7) is 12.5. The summed E-state index contributed by atoms with van der Waals surface area (Å²) >= 11 is 0. The Morgan fingerprint density at radius 2 is 2.12 bits per heavy atom. The van der Waals surface area contributed by atoms with Crippen molar-refractivity contribution in [3.63, 3.8) is 0 Å². The lowest BCUT2D eigenvalue weighted by Crippen LogP contribution is -2.43. The van der Waals surface area contributed by atoms with E-state index in [0.29, 0.717) is 6.04 Å². The number of nitrogens with zero attached hydrogens (tertiary/aromatic N) is 1. The van der Waals surface area contributed by atoms with Gasteiger partial charge in [-0.3, -0.25) is 0 Å². The molecule has 96 valence electrons. The monoisotopic (exact) mass is 228 g/mol. The molecular formula is C13H28N2O. The van der Waals surface area contributed by atoms with E-state index in [2.05, 4.69) is 31.0 Å². The van der Waals surface area contributed by atoms with E-state index in [1.807, 2.05) is 0 Å². The molecule has 0 aromatic heterocycles. The van der Waals surface area contributed by atoms with Crippen molar-refractivity contribution in [2.75, 3.05) is 39.9 Å². The zero-order valence-corrected chi connectivity index (χ0v) is 11.3. The van der Waals surface area contributed by atoms with Gasteiger partial charge in [0.1, 0.15) is 0 Å². The van der Waals surface area contributed by atoms with Gasteiger partial charge in [0.25, 0.3) is 0 Å². The molecule has 0 aromatic carbocycles. The van der Waals surface area contributed by atoms with E-state index in [1.54, 1.807) is 7.11 Å². The fraction of sp³-hybridized carbons (Fsp3) is 1.00. The van der Waals surface area contributed by atoms with Crippen molar-refractivity contribution in [2.24, 2.45) is 11.8 Å². The van der Waals surface area contributed by atoms with Crippen molar-refractivity contribution >= 4 is 0 Å². The largest absolute Gasteiger partial charge is 0.383 e. The molecule has 0 radical (unpaired) electrons. The zero-order valence-electron chi connectivity index (χ0n) is 11.3. The van der Waals surface area contributed by atoms with Gasteiger partial charge in [0, 0.05) is 32.8 Å². The average molecular weight is 228 g/mol. The Balaban J connectivity index is 2.09. The van der Waals surface area contributed by atoms with Crippen LogP contribution in [0.5, 0.6) is 0 Å². The van der Waals surface area contributed by atoms with Crippen LogP contribution in [0.4, 0.5) is 0 Å². The molecule has 0 saturated carbocycles. The topological polar surface area (TPSA) is 24.5 Å². The molecule has 0 aliphatic carbocycles. The molecule has 0 bridgehead atoms. The highest BCUT2D eigenvalue weighted by atomic mass is 16.5. The number of likely N-dealkylation sites (tertiary alicyclic amines) is 1. The van der Waals surface area contributed by atoms with Crippen molar-refractivity contribution in [3.8, 4) is 0 Å². The predicted molar refractivity (Wildman–Crippen MR) is 68.7 cm³/mol. The SMILES string of the molecule is COCC(C)NCCN1CCC(C)C(C)C1. The van der Waals surface area contributed by atoms with Gasteiger partial charge in [0.15, 0.2) is 0 Å². The van der Waals surface area contributed by atoms with Crippen LogP contribution in [0.15, 0.2) is 0 Å². The van der Waals surface area contributed by atoms with Gasteiger partial charge in [0.05, 0.1) is 6.61 Å². The second kappa shape index (κ2) is 7.25. The van der Waals surface area contributed by atoms with E-state index < -0.39 is 0 Å². The molecule has 1 rings (SSSR count). The third kappa shape index (κ3) is 4.81. The molecule has 1 fully saturated rings. The van der Waals surface area contributed by atoms with Gasteiger partial charge in [-0.25, -0.2) is 0 Å². The molecule has 0 aromatic rings. The summed E-state index contributed by atoms with van der Waals surface area (Å²) < 4.78 is 5.10. The Morgan fingerprint density at radius 3 is 2.75 bits per heavy atom. The number of ether oxygens (including phenoxy) is 1. The molecular weight excluding hydrogens is 200 g/mol. The zero-order chi connectivity index (χ0) is 12.0. The highest BCUT2D eigenvalue weighted by molar-refractivity contribution is 4.75. The molecule has 1 saturated heterocycles. The Morgan fingerprint density at radius 1 is 1.38 bits per heavy atom. The van der Waals surface area contributed by atoms with Crippen LogP contribution in [0, 0.1) is 11.8 Å². The molecule has 3 heteroatoms. The lowest BCUT2D eigenvalue weighted by atomic mass is 9.89. The lowest BCUT2D eigenvalue weighted by Gasteiger charge is -2.35. The van der Waals surface area contributed by atoms with E-state index in [-0.39, 0.29) is 0 Å². The Bertz CT molecular complexity index is 187. The summed E-state index contributed by atoms with van der Waals surface area (Å²) in [4.78, 5) is 2.58. The van der Waals surface area contributed by atoms with Gasteiger partial charge < -0.3 is 15.0 Å².